The lowest BCUT2D eigenvalue weighted by Gasteiger charge is -2.00. The molecule has 1 aliphatic rings. The van der Waals surface area contributed by atoms with E-state index in [9.17, 15) is 4.79 Å². The Morgan fingerprint density at radius 2 is 2.36 bits per heavy atom. The molecule has 4 rings (SSSR count). The molecule has 1 saturated carbocycles. The summed E-state index contributed by atoms with van der Waals surface area (Å²) in [5.41, 5.74) is 2.25. The predicted molar refractivity (Wildman–Crippen MR) is 83.0 cm³/mol. The van der Waals surface area contributed by atoms with Crippen LogP contribution in [-0.4, -0.2) is 20.7 Å². The van der Waals surface area contributed by atoms with Crippen molar-refractivity contribution in [3.05, 3.63) is 41.2 Å². The average molecular weight is 314 g/mol. The van der Waals surface area contributed by atoms with Crippen molar-refractivity contribution in [1.82, 2.24) is 14.8 Å². The smallest absolute Gasteiger partial charge is 0.260 e. The maximum absolute atomic E-state index is 12.5. The Balaban J connectivity index is 1.55. The lowest BCUT2D eigenvalue weighted by atomic mass is 10.2. The van der Waals surface area contributed by atoms with E-state index in [1.54, 1.807) is 17.1 Å². The van der Waals surface area contributed by atoms with Gasteiger partial charge < -0.3 is 4.42 Å². The SMILES string of the molecule is Cn1cc(C(=O)Nc2nc(-c3ccco3)cs2)c(C2CC2)n1. The van der Waals surface area contributed by atoms with Gasteiger partial charge in [0.2, 0.25) is 0 Å². The molecule has 1 amide bonds. The Kier molecular flexibility index (Phi) is 3.07. The standard InChI is InChI=1S/C15H14N4O2S/c1-19-7-10(13(18-19)9-4-5-9)14(20)17-15-16-11(8-22-15)12-3-2-6-21-12/h2-3,6-9H,4-5H2,1H3,(H,16,17,20). The van der Waals surface area contributed by atoms with E-state index in [0.29, 0.717) is 22.4 Å². The number of nitrogens with zero attached hydrogens (tertiary/aromatic N) is 3. The summed E-state index contributed by atoms with van der Waals surface area (Å²) in [7, 11) is 1.83. The molecule has 1 fully saturated rings. The number of hydrogen-bond donors (Lipinski definition) is 1. The summed E-state index contributed by atoms with van der Waals surface area (Å²) >= 11 is 1.38. The van der Waals surface area contributed by atoms with E-state index in [4.69, 9.17) is 4.42 Å². The molecular weight excluding hydrogens is 300 g/mol. The third-order valence-corrected chi connectivity index (χ3v) is 4.32. The van der Waals surface area contributed by atoms with Crippen LogP contribution in [0.4, 0.5) is 5.13 Å². The first-order valence-corrected chi connectivity index (χ1v) is 7.93. The van der Waals surface area contributed by atoms with E-state index >= 15 is 0 Å². The van der Waals surface area contributed by atoms with Gasteiger partial charge in [0.1, 0.15) is 5.69 Å². The summed E-state index contributed by atoms with van der Waals surface area (Å²) in [5, 5.41) is 9.67. The fraction of sp³-hybridized carbons (Fsp3) is 0.267. The largest absolute Gasteiger partial charge is 0.463 e. The fourth-order valence-electron chi connectivity index (χ4n) is 2.37. The highest BCUT2D eigenvalue weighted by molar-refractivity contribution is 7.14. The summed E-state index contributed by atoms with van der Waals surface area (Å²) in [6, 6.07) is 3.65. The molecule has 22 heavy (non-hydrogen) atoms. The maximum atomic E-state index is 12.5. The second kappa shape index (κ2) is 5.10. The number of carbonyl (C=O) groups is 1. The van der Waals surface area contributed by atoms with Gasteiger partial charge in [-0.2, -0.15) is 5.10 Å². The van der Waals surface area contributed by atoms with Gasteiger partial charge in [0.15, 0.2) is 10.9 Å². The normalized spacial score (nSPS) is 14.2. The van der Waals surface area contributed by atoms with Gasteiger partial charge in [0, 0.05) is 24.5 Å². The Bertz CT molecular complexity index is 815. The van der Waals surface area contributed by atoms with Gasteiger partial charge in [-0.25, -0.2) is 4.98 Å². The molecule has 0 aliphatic heterocycles. The molecule has 3 aromatic rings. The quantitative estimate of drug-likeness (QED) is 0.802. The number of carbonyl (C=O) groups excluding carboxylic acids is 1. The zero-order chi connectivity index (χ0) is 15.1. The van der Waals surface area contributed by atoms with Gasteiger partial charge in [0.25, 0.3) is 5.91 Å². The number of aryl methyl sites for hydroxylation is 1. The van der Waals surface area contributed by atoms with Gasteiger partial charge in [-0.05, 0) is 25.0 Å². The minimum absolute atomic E-state index is 0.157. The van der Waals surface area contributed by atoms with E-state index in [-0.39, 0.29) is 5.91 Å². The van der Waals surface area contributed by atoms with Crippen LogP contribution in [0, 0.1) is 0 Å². The molecule has 7 heteroatoms. The van der Waals surface area contributed by atoms with Crippen LogP contribution in [-0.2, 0) is 7.05 Å². The number of anilines is 1. The number of thiazole rings is 1. The van der Waals surface area contributed by atoms with Crippen LogP contribution in [0.2, 0.25) is 0 Å². The topological polar surface area (TPSA) is 73.0 Å². The van der Waals surface area contributed by atoms with Crippen molar-refractivity contribution in [3.63, 3.8) is 0 Å². The number of nitrogens with one attached hydrogen (secondary N) is 1. The van der Waals surface area contributed by atoms with Crippen molar-refractivity contribution in [2.24, 2.45) is 7.05 Å². The summed E-state index contributed by atoms with van der Waals surface area (Å²) in [6.45, 7) is 0. The van der Waals surface area contributed by atoms with Crippen LogP contribution in [0.25, 0.3) is 11.5 Å². The van der Waals surface area contributed by atoms with Crippen LogP contribution in [0.1, 0.15) is 34.8 Å². The number of hydrogen-bond acceptors (Lipinski definition) is 5. The van der Waals surface area contributed by atoms with Crippen LogP contribution < -0.4 is 5.32 Å². The molecule has 0 saturated heterocycles. The molecule has 6 nitrogen and oxygen atoms in total. The molecule has 0 bridgehead atoms. The van der Waals surface area contributed by atoms with Crippen molar-refractivity contribution in [2.45, 2.75) is 18.8 Å². The summed E-state index contributed by atoms with van der Waals surface area (Å²) < 4.78 is 7.00. The molecule has 0 radical (unpaired) electrons. The summed E-state index contributed by atoms with van der Waals surface area (Å²) in [6.07, 6.45) is 5.59. The zero-order valence-electron chi connectivity index (χ0n) is 11.9. The molecule has 112 valence electrons. The van der Waals surface area contributed by atoms with Gasteiger partial charge >= 0.3 is 0 Å². The molecule has 3 aromatic heterocycles. The second-order valence-electron chi connectivity index (χ2n) is 5.35. The summed E-state index contributed by atoms with van der Waals surface area (Å²) in [4.78, 5) is 16.8. The second-order valence-corrected chi connectivity index (χ2v) is 6.20. The van der Waals surface area contributed by atoms with Crippen LogP contribution >= 0.6 is 11.3 Å². The average Bonchev–Trinajstić information content (AvgIpc) is 2.94. The van der Waals surface area contributed by atoms with Gasteiger partial charge in [-0.15, -0.1) is 11.3 Å². The van der Waals surface area contributed by atoms with E-state index in [1.807, 2.05) is 24.6 Å². The monoisotopic (exact) mass is 314 g/mol. The lowest BCUT2D eigenvalue weighted by Crippen LogP contribution is -2.12. The Morgan fingerprint density at radius 1 is 1.50 bits per heavy atom. The van der Waals surface area contributed by atoms with Crippen molar-refractivity contribution < 1.29 is 9.21 Å². The third-order valence-electron chi connectivity index (χ3n) is 3.56. The molecule has 0 spiro atoms. The third kappa shape index (κ3) is 2.43. The highest BCUT2D eigenvalue weighted by Crippen LogP contribution is 2.40. The zero-order valence-corrected chi connectivity index (χ0v) is 12.8. The first-order valence-electron chi connectivity index (χ1n) is 7.05. The van der Waals surface area contributed by atoms with E-state index in [2.05, 4.69) is 15.4 Å². The lowest BCUT2D eigenvalue weighted by molar-refractivity contribution is 0.102. The first-order chi connectivity index (χ1) is 10.7. The highest BCUT2D eigenvalue weighted by Gasteiger charge is 2.31. The predicted octanol–water partition coefficient (Wildman–Crippen LogP) is 3.27. The van der Waals surface area contributed by atoms with Crippen molar-refractivity contribution in [3.8, 4) is 11.5 Å². The van der Waals surface area contributed by atoms with Gasteiger partial charge in [-0.3, -0.25) is 14.8 Å². The van der Waals surface area contributed by atoms with Gasteiger partial charge in [-0.1, -0.05) is 0 Å². The van der Waals surface area contributed by atoms with E-state index in [0.717, 1.165) is 24.2 Å². The molecular formula is C15H14N4O2S. The Labute approximate surface area is 130 Å². The Morgan fingerprint density at radius 3 is 3.09 bits per heavy atom. The van der Waals surface area contributed by atoms with E-state index < -0.39 is 0 Å². The van der Waals surface area contributed by atoms with Crippen molar-refractivity contribution in [1.29, 1.82) is 0 Å². The number of aromatic nitrogens is 3. The molecule has 0 aromatic carbocycles. The number of amides is 1. The molecule has 3 heterocycles. The van der Waals surface area contributed by atoms with Crippen molar-refractivity contribution >= 4 is 22.4 Å². The molecule has 0 unspecified atom stereocenters. The molecule has 1 aliphatic carbocycles. The van der Waals surface area contributed by atoms with Crippen LogP contribution in [0.5, 0.6) is 0 Å². The van der Waals surface area contributed by atoms with Crippen LogP contribution in [0.3, 0.4) is 0 Å². The maximum Gasteiger partial charge on any atom is 0.260 e. The number of rotatable bonds is 4. The van der Waals surface area contributed by atoms with Crippen LogP contribution in [0.15, 0.2) is 34.4 Å². The number of furan rings is 1. The van der Waals surface area contributed by atoms with Crippen molar-refractivity contribution in [2.75, 3.05) is 5.32 Å². The summed E-state index contributed by atoms with van der Waals surface area (Å²) in [5.74, 6) is 0.962. The van der Waals surface area contributed by atoms with E-state index in [1.165, 1.54) is 11.3 Å². The first kappa shape index (κ1) is 13.3. The minimum atomic E-state index is -0.157. The molecule has 1 N–H and O–H groups in total. The minimum Gasteiger partial charge on any atom is -0.463 e. The van der Waals surface area contributed by atoms with Gasteiger partial charge in [0.05, 0.1) is 17.5 Å². The highest BCUT2D eigenvalue weighted by atomic mass is 32.1. The fourth-order valence-corrected chi connectivity index (χ4v) is 3.07. The molecule has 0 atom stereocenters. The Hall–Kier alpha value is -2.41.